The Balaban J connectivity index is 1.49. The molecule has 136 valence electrons. The topological polar surface area (TPSA) is 75.8 Å². The predicted octanol–water partition coefficient (Wildman–Crippen LogP) is 1.54. The van der Waals surface area contributed by atoms with Gasteiger partial charge in [-0.05, 0) is 37.0 Å². The molecule has 2 aliphatic heterocycles. The van der Waals surface area contributed by atoms with Gasteiger partial charge in [-0.25, -0.2) is 4.39 Å². The van der Waals surface area contributed by atoms with Crippen LogP contribution in [-0.2, 0) is 9.53 Å². The van der Waals surface area contributed by atoms with Crippen molar-refractivity contribution in [3.63, 3.8) is 0 Å². The third kappa shape index (κ3) is 2.86. The van der Waals surface area contributed by atoms with Crippen LogP contribution in [0.3, 0.4) is 0 Å². The smallest absolute Gasteiger partial charge is 0.242 e. The third-order valence-electron chi connectivity index (χ3n) is 6.15. The summed E-state index contributed by atoms with van der Waals surface area (Å²) in [5.41, 5.74) is 5.62. The highest BCUT2D eigenvalue weighted by Gasteiger charge is 2.55. The highest BCUT2D eigenvalue weighted by atomic mass is 19.1. The van der Waals surface area contributed by atoms with E-state index in [4.69, 9.17) is 10.5 Å². The number of hydrogen-bond acceptors (Lipinski definition) is 4. The molecular formula is C19H25FN2O3. The second-order valence-electron chi connectivity index (χ2n) is 7.90. The van der Waals surface area contributed by atoms with Gasteiger partial charge in [-0.3, -0.25) is 4.79 Å². The average molecular weight is 348 g/mol. The normalized spacial score (nSPS) is 34.1. The molecule has 1 amide bonds. The van der Waals surface area contributed by atoms with E-state index in [1.54, 1.807) is 11.0 Å². The van der Waals surface area contributed by atoms with Gasteiger partial charge < -0.3 is 20.5 Å². The maximum Gasteiger partial charge on any atom is 0.242 e. The molecule has 1 aliphatic carbocycles. The molecule has 5 nitrogen and oxygen atoms in total. The van der Waals surface area contributed by atoms with Crippen molar-refractivity contribution in [2.45, 2.75) is 55.3 Å². The zero-order chi connectivity index (χ0) is 17.7. The van der Waals surface area contributed by atoms with E-state index in [1.807, 2.05) is 6.07 Å². The number of halogens is 1. The van der Waals surface area contributed by atoms with E-state index in [1.165, 1.54) is 12.1 Å². The number of hydrogen-bond donors (Lipinski definition) is 2. The van der Waals surface area contributed by atoms with Gasteiger partial charge in [-0.1, -0.05) is 25.0 Å². The molecule has 1 aromatic rings. The van der Waals surface area contributed by atoms with Crippen molar-refractivity contribution in [3.8, 4) is 0 Å². The first-order valence-electron chi connectivity index (χ1n) is 9.08. The molecule has 1 aromatic carbocycles. The number of β-amino-alcohol motifs (C(OH)–C–C–N with tert-alkyl or cyclic N) is 1. The zero-order valence-electron chi connectivity index (χ0n) is 14.3. The summed E-state index contributed by atoms with van der Waals surface area (Å²) in [6.07, 6.45) is 3.21. The van der Waals surface area contributed by atoms with Crippen molar-refractivity contribution < 1.29 is 19.0 Å². The first kappa shape index (κ1) is 16.9. The van der Waals surface area contributed by atoms with Crippen LogP contribution in [0.2, 0.25) is 0 Å². The minimum Gasteiger partial charge on any atom is -0.388 e. The first-order chi connectivity index (χ1) is 11.9. The molecule has 3 aliphatic rings. The Bertz CT molecular complexity index is 676. The van der Waals surface area contributed by atoms with Gasteiger partial charge in [0.15, 0.2) is 0 Å². The molecule has 4 rings (SSSR count). The van der Waals surface area contributed by atoms with Crippen LogP contribution in [0.4, 0.5) is 4.39 Å². The molecular weight excluding hydrogens is 323 g/mol. The quantitative estimate of drug-likeness (QED) is 0.850. The van der Waals surface area contributed by atoms with Crippen molar-refractivity contribution >= 4 is 5.91 Å². The summed E-state index contributed by atoms with van der Waals surface area (Å²) in [5.74, 6) is -0.314. The molecule has 3 fully saturated rings. The monoisotopic (exact) mass is 348 g/mol. The van der Waals surface area contributed by atoms with E-state index in [9.17, 15) is 14.3 Å². The van der Waals surface area contributed by atoms with Crippen molar-refractivity contribution in [2.75, 3.05) is 19.7 Å². The lowest BCUT2D eigenvalue weighted by Gasteiger charge is -2.30. The highest BCUT2D eigenvalue weighted by Crippen LogP contribution is 2.43. The van der Waals surface area contributed by atoms with Crippen LogP contribution in [0.1, 0.15) is 43.6 Å². The standard InChI is InChI=1S/C19H25FN2O3/c20-15-5-3-4-13(8-15)14-9-19(25-11-14)12-22(10-16(19)23)17(24)18(21)6-1-2-7-18/h3-5,8,14,16,23H,1-2,6-7,9-12,21H2/t14-,16-,19-/m1/s1. The summed E-state index contributed by atoms with van der Waals surface area (Å²) < 4.78 is 19.5. The minimum atomic E-state index is -0.786. The van der Waals surface area contributed by atoms with Crippen LogP contribution in [-0.4, -0.2) is 52.9 Å². The number of aliphatic hydroxyl groups excluding tert-OH is 1. The number of carbonyl (C=O) groups is 1. The minimum absolute atomic E-state index is 0.0266. The Hall–Kier alpha value is -1.50. The summed E-state index contributed by atoms with van der Waals surface area (Å²) >= 11 is 0. The van der Waals surface area contributed by atoms with Crippen molar-refractivity contribution in [1.82, 2.24) is 4.90 Å². The van der Waals surface area contributed by atoms with E-state index in [2.05, 4.69) is 0 Å². The van der Waals surface area contributed by atoms with Crippen molar-refractivity contribution in [1.29, 1.82) is 0 Å². The fourth-order valence-corrected chi connectivity index (χ4v) is 4.68. The van der Waals surface area contributed by atoms with E-state index >= 15 is 0 Å². The lowest BCUT2D eigenvalue weighted by Crippen LogP contribution is -2.53. The number of benzene rings is 1. The first-order valence-corrected chi connectivity index (χ1v) is 9.08. The Labute approximate surface area is 146 Å². The lowest BCUT2D eigenvalue weighted by molar-refractivity contribution is -0.136. The summed E-state index contributed by atoms with van der Waals surface area (Å²) in [6, 6.07) is 6.51. The fourth-order valence-electron chi connectivity index (χ4n) is 4.68. The molecule has 1 spiro atoms. The number of rotatable bonds is 2. The summed E-state index contributed by atoms with van der Waals surface area (Å²) in [4.78, 5) is 14.5. The molecule has 0 radical (unpaired) electrons. The maximum atomic E-state index is 13.5. The lowest BCUT2D eigenvalue weighted by atomic mass is 9.87. The largest absolute Gasteiger partial charge is 0.388 e. The Kier molecular flexibility index (Phi) is 4.09. The van der Waals surface area contributed by atoms with Gasteiger partial charge in [0.25, 0.3) is 0 Å². The van der Waals surface area contributed by atoms with Gasteiger partial charge in [0.05, 0.1) is 18.7 Å². The summed E-state index contributed by atoms with van der Waals surface area (Å²) in [7, 11) is 0. The zero-order valence-corrected chi connectivity index (χ0v) is 14.3. The van der Waals surface area contributed by atoms with Crippen LogP contribution in [0.5, 0.6) is 0 Å². The molecule has 3 atom stereocenters. The van der Waals surface area contributed by atoms with Crippen molar-refractivity contribution in [2.24, 2.45) is 5.73 Å². The Morgan fingerprint density at radius 1 is 1.36 bits per heavy atom. The summed E-state index contributed by atoms with van der Waals surface area (Å²) in [6.45, 7) is 1.04. The van der Waals surface area contributed by atoms with Crippen LogP contribution in [0.15, 0.2) is 24.3 Å². The number of nitrogens with two attached hydrogens (primary N) is 1. The van der Waals surface area contributed by atoms with Gasteiger partial charge >= 0.3 is 0 Å². The fraction of sp³-hybridized carbons (Fsp3) is 0.632. The van der Waals surface area contributed by atoms with Crippen LogP contribution in [0.25, 0.3) is 0 Å². The second kappa shape index (κ2) is 6.04. The van der Waals surface area contributed by atoms with Gasteiger partial charge in [0.1, 0.15) is 17.5 Å². The Morgan fingerprint density at radius 3 is 2.84 bits per heavy atom. The van der Waals surface area contributed by atoms with E-state index in [0.29, 0.717) is 32.4 Å². The number of amides is 1. The van der Waals surface area contributed by atoms with Crippen LogP contribution < -0.4 is 5.73 Å². The number of nitrogens with zero attached hydrogens (tertiary/aromatic N) is 1. The van der Waals surface area contributed by atoms with E-state index < -0.39 is 17.2 Å². The van der Waals surface area contributed by atoms with Crippen molar-refractivity contribution in [3.05, 3.63) is 35.6 Å². The van der Waals surface area contributed by atoms with Gasteiger partial charge in [-0.15, -0.1) is 0 Å². The van der Waals surface area contributed by atoms with E-state index in [-0.39, 0.29) is 24.2 Å². The molecule has 6 heteroatoms. The molecule has 25 heavy (non-hydrogen) atoms. The number of aliphatic hydroxyl groups is 1. The Morgan fingerprint density at radius 2 is 2.12 bits per heavy atom. The SMILES string of the molecule is NC1(C(=O)N2C[C@@H](O)[C@@]3(C[C@@H](c4cccc(F)c4)CO3)C2)CCCC1. The number of likely N-dealkylation sites (tertiary alicyclic amines) is 1. The van der Waals surface area contributed by atoms with E-state index in [0.717, 1.165) is 18.4 Å². The highest BCUT2D eigenvalue weighted by molar-refractivity contribution is 5.87. The molecule has 1 saturated carbocycles. The van der Waals surface area contributed by atoms with Gasteiger partial charge in [0, 0.05) is 12.5 Å². The van der Waals surface area contributed by atoms with Crippen LogP contribution >= 0.6 is 0 Å². The summed E-state index contributed by atoms with van der Waals surface area (Å²) in [5, 5.41) is 10.6. The predicted molar refractivity (Wildman–Crippen MR) is 90.4 cm³/mol. The maximum absolute atomic E-state index is 13.5. The number of ether oxygens (including phenoxy) is 1. The molecule has 0 aromatic heterocycles. The molecule has 2 heterocycles. The number of carbonyl (C=O) groups excluding carboxylic acids is 1. The molecule has 0 bridgehead atoms. The molecule has 0 unspecified atom stereocenters. The third-order valence-corrected chi connectivity index (χ3v) is 6.15. The van der Waals surface area contributed by atoms with Crippen LogP contribution in [0, 0.1) is 5.82 Å². The second-order valence-corrected chi connectivity index (χ2v) is 7.90. The average Bonchev–Trinajstić information content (AvgIpc) is 3.29. The van der Waals surface area contributed by atoms with Gasteiger partial charge in [0.2, 0.25) is 5.91 Å². The molecule has 2 saturated heterocycles. The molecule has 3 N–H and O–H groups in total. The van der Waals surface area contributed by atoms with Gasteiger partial charge in [-0.2, -0.15) is 0 Å².